The predicted octanol–water partition coefficient (Wildman–Crippen LogP) is 0.466. The van der Waals surface area contributed by atoms with Gasteiger partial charge in [-0.05, 0) is 31.5 Å². The van der Waals surface area contributed by atoms with Crippen molar-refractivity contribution in [1.29, 1.82) is 0 Å². The number of piperidine rings is 1. The van der Waals surface area contributed by atoms with Crippen molar-refractivity contribution in [3.05, 3.63) is 30.1 Å². The molecule has 0 unspecified atom stereocenters. The van der Waals surface area contributed by atoms with Gasteiger partial charge in [-0.2, -0.15) is 0 Å². The van der Waals surface area contributed by atoms with Crippen molar-refractivity contribution in [3.63, 3.8) is 0 Å². The Morgan fingerprint density at radius 1 is 1.58 bits per heavy atom. The van der Waals surface area contributed by atoms with Gasteiger partial charge in [0.25, 0.3) is 0 Å². The number of fused-ring (bicyclic) bond motifs is 1. The second-order valence-electron chi connectivity index (χ2n) is 5.23. The molecule has 0 aliphatic carbocycles. The minimum absolute atomic E-state index is 0.0671. The highest BCUT2D eigenvalue weighted by atomic mass is 16.5. The quantitative estimate of drug-likeness (QED) is 0.830. The summed E-state index contributed by atoms with van der Waals surface area (Å²) in [6.07, 6.45) is 3.52. The first-order valence-electron chi connectivity index (χ1n) is 6.82. The van der Waals surface area contributed by atoms with Crippen molar-refractivity contribution in [2.24, 2.45) is 5.41 Å². The standard InChI is InChI=1S/C14H19N3O2/c18-13(17-9-11-3-1-2-6-16-11)14-5-8-19-12(14)4-7-15-10-14/h1-3,6,12,15H,4-5,7-10H2,(H,17,18)/t12-,14-/m1/s1. The highest BCUT2D eigenvalue weighted by Crippen LogP contribution is 2.38. The molecule has 102 valence electrons. The third-order valence-corrected chi connectivity index (χ3v) is 4.12. The van der Waals surface area contributed by atoms with Crippen molar-refractivity contribution in [2.75, 3.05) is 19.7 Å². The Labute approximate surface area is 112 Å². The van der Waals surface area contributed by atoms with Crippen LogP contribution in [0.2, 0.25) is 0 Å². The lowest BCUT2D eigenvalue weighted by Gasteiger charge is -2.36. The van der Waals surface area contributed by atoms with Crippen LogP contribution in [0.15, 0.2) is 24.4 Å². The molecule has 2 aliphatic rings. The maximum Gasteiger partial charge on any atom is 0.230 e. The molecule has 0 aromatic carbocycles. The number of aromatic nitrogens is 1. The first-order chi connectivity index (χ1) is 9.31. The molecule has 3 heterocycles. The van der Waals surface area contributed by atoms with E-state index in [2.05, 4.69) is 15.6 Å². The number of pyridine rings is 1. The molecule has 2 fully saturated rings. The minimum Gasteiger partial charge on any atom is -0.377 e. The molecule has 0 bridgehead atoms. The zero-order valence-corrected chi connectivity index (χ0v) is 10.9. The zero-order chi connectivity index (χ0) is 13.1. The van der Waals surface area contributed by atoms with Crippen molar-refractivity contribution in [2.45, 2.75) is 25.5 Å². The average molecular weight is 261 g/mol. The fourth-order valence-electron chi connectivity index (χ4n) is 3.00. The van der Waals surface area contributed by atoms with Crippen LogP contribution in [0.1, 0.15) is 18.5 Å². The summed E-state index contributed by atoms with van der Waals surface area (Å²) in [5.74, 6) is 0.0906. The summed E-state index contributed by atoms with van der Waals surface area (Å²) < 4.78 is 5.72. The second-order valence-corrected chi connectivity index (χ2v) is 5.23. The number of amides is 1. The van der Waals surface area contributed by atoms with Gasteiger partial charge in [-0.25, -0.2) is 0 Å². The summed E-state index contributed by atoms with van der Waals surface area (Å²) in [6.45, 7) is 2.81. The lowest BCUT2D eigenvalue weighted by molar-refractivity contribution is -0.135. The molecule has 1 amide bonds. The summed E-state index contributed by atoms with van der Waals surface area (Å²) in [5, 5.41) is 6.33. The SMILES string of the molecule is O=C(NCc1ccccn1)[C@@]12CCO[C@@H]1CCNC2. The van der Waals surface area contributed by atoms with Crippen LogP contribution in [0.25, 0.3) is 0 Å². The van der Waals surface area contributed by atoms with Gasteiger partial charge in [0.05, 0.1) is 23.8 Å². The van der Waals surface area contributed by atoms with Gasteiger partial charge in [-0.15, -0.1) is 0 Å². The van der Waals surface area contributed by atoms with E-state index in [-0.39, 0.29) is 17.4 Å². The van der Waals surface area contributed by atoms with Crippen molar-refractivity contribution < 1.29 is 9.53 Å². The van der Waals surface area contributed by atoms with Crippen LogP contribution < -0.4 is 10.6 Å². The van der Waals surface area contributed by atoms with E-state index in [0.29, 0.717) is 19.7 Å². The first-order valence-corrected chi connectivity index (χ1v) is 6.82. The Kier molecular flexibility index (Phi) is 3.48. The molecular formula is C14H19N3O2. The molecule has 2 atom stereocenters. The Balaban J connectivity index is 1.66. The molecule has 0 spiro atoms. The number of carbonyl (C=O) groups excluding carboxylic acids is 1. The molecule has 5 nitrogen and oxygen atoms in total. The first kappa shape index (κ1) is 12.6. The Morgan fingerprint density at radius 2 is 2.53 bits per heavy atom. The molecule has 0 radical (unpaired) electrons. The van der Waals surface area contributed by atoms with Crippen LogP contribution in [0.4, 0.5) is 0 Å². The third kappa shape index (κ3) is 2.35. The monoisotopic (exact) mass is 261 g/mol. The van der Waals surface area contributed by atoms with E-state index in [4.69, 9.17) is 4.74 Å². The number of hydrogen-bond acceptors (Lipinski definition) is 4. The molecule has 19 heavy (non-hydrogen) atoms. The average Bonchev–Trinajstić information content (AvgIpc) is 2.91. The van der Waals surface area contributed by atoms with Crippen LogP contribution >= 0.6 is 0 Å². The van der Waals surface area contributed by atoms with Gasteiger partial charge in [0.2, 0.25) is 5.91 Å². The molecule has 0 saturated carbocycles. The number of hydrogen-bond donors (Lipinski definition) is 2. The van der Waals surface area contributed by atoms with Crippen molar-refractivity contribution in [3.8, 4) is 0 Å². The van der Waals surface area contributed by atoms with E-state index < -0.39 is 0 Å². The minimum atomic E-state index is -0.382. The van der Waals surface area contributed by atoms with Gasteiger partial charge in [0, 0.05) is 19.3 Å². The molecule has 3 rings (SSSR count). The Morgan fingerprint density at radius 3 is 3.37 bits per heavy atom. The Hall–Kier alpha value is -1.46. The van der Waals surface area contributed by atoms with Crippen LogP contribution in [-0.4, -0.2) is 36.7 Å². The van der Waals surface area contributed by atoms with Crippen LogP contribution in [0, 0.1) is 5.41 Å². The second kappa shape index (κ2) is 5.27. The summed E-state index contributed by atoms with van der Waals surface area (Å²) in [7, 11) is 0. The molecule has 1 aromatic heterocycles. The fraction of sp³-hybridized carbons (Fsp3) is 0.571. The van der Waals surface area contributed by atoms with Crippen LogP contribution in [-0.2, 0) is 16.1 Å². The van der Waals surface area contributed by atoms with E-state index >= 15 is 0 Å². The van der Waals surface area contributed by atoms with E-state index in [9.17, 15) is 4.79 Å². The van der Waals surface area contributed by atoms with Gasteiger partial charge in [-0.3, -0.25) is 9.78 Å². The van der Waals surface area contributed by atoms with Gasteiger partial charge >= 0.3 is 0 Å². The fourth-order valence-corrected chi connectivity index (χ4v) is 3.00. The lowest BCUT2D eigenvalue weighted by atomic mass is 9.76. The molecule has 2 saturated heterocycles. The smallest absolute Gasteiger partial charge is 0.230 e. The lowest BCUT2D eigenvalue weighted by Crippen LogP contribution is -2.55. The molecular weight excluding hydrogens is 242 g/mol. The van der Waals surface area contributed by atoms with Crippen molar-refractivity contribution in [1.82, 2.24) is 15.6 Å². The van der Waals surface area contributed by atoms with E-state index in [1.54, 1.807) is 6.20 Å². The van der Waals surface area contributed by atoms with Crippen molar-refractivity contribution >= 4 is 5.91 Å². The Bertz CT molecular complexity index is 451. The summed E-state index contributed by atoms with van der Waals surface area (Å²) in [6, 6.07) is 5.71. The molecule has 1 aromatic rings. The number of ether oxygens (including phenoxy) is 1. The molecule has 5 heteroatoms. The van der Waals surface area contributed by atoms with Gasteiger partial charge in [-0.1, -0.05) is 6.07 Å². The highest BCUT2D eigenvalue weighted by Gasteiger charge is 2.51. The van der Waals surface area contributed by atoms with E-state index in [0.717, 1.165) is 25.1 Å². The molecule has 2 N–H and O–H groups in total. The molecule has 2 aliphatic heterocycles. The third-order valence-electron chi connectivity index (χ3n) is 4.12. The number of nitrogens with one attached hydrogen (secondary N) is 2. The number of nitrogens with zero attached hydrogens (tertiary/aromatic N) is 1. The van der Waals surface area contributed by atoms with Gasteiger partial charge in [0.15, 0.2) is 0 Å². The van der Waals surface area contributed by atoms with Gasteiger partial charge < -0.3 is 15.4 Å². The predicted molar refractivity (Wildman–Crippen MR) is 70.4 cm³/mol. The normalized spacial score (nSPS) is 29.8. The number of carbonyl (C=O) groups is 1. The maximum atomic E-state index is 12.5. The summed E-state index contributed by atoms with van der Waals surface area (Å²) >= 11 is 0. The zero-order valence-electron chi connectivity index (χ0n) is 10.9. The van der Waals surface area contributed by atoms with Gasteiger partial charge in [0.1, 0.15) is 0 Å². The van der Waals surface area contributed by atoms with E-state index in [1.165, 1.54) is 0 Å². The highest BCUT2D eigenvalue weighted by molar-refractivity contribution is 5.84. The number of rotatable bonds is 3. The topological polar surface area (TPSA) is 63.2 Å². The summed E-state index contributed by atoms with van der Waals surface area (Å²) in [4.78, 5) is 16.7. The van der Waals surface area contributed by atoms with Crippen LogP contribution in [0.3, 0.4) is 0 Å². The largest absolute Gasteiger partial charge is 0.377 e. The maximum absolute atomic E-state index is 12.5. The summed E-state index contributed by atoms with van der Waals surface area (Å²) in [5.41, 5.74) is 0.499. The van der Waals surface area contributed by atoms with Crippen LogP contribution in [0.5, 0.6) is 0 Å². The van der Waals surface area contributed by atoms with E-state index in [1.807, 2.05) is 18.2 Å².